The molecule has 0 unspecified atom stereocenters. The fraction of sp³-hybridized carbons (Fsp3) is 0.429. The Morgan fingerprint density at radius 3 is 2.30 bits per heavy atom. The topological polar surface area (TPSA) is 66.4 Å². The summed E-state index contributed by atoms with van der Waals surface area (Å²) in [4.78, 5) is 22.8. The zero-order valence-electron chi connectivity index (χ0n) is 11.3. The number of benzene rings is 1. The molecule has 110 valence electrons. The van der Waals surface area contributed by atoms with Crippen LogP contribution in [0.4, 0.5) is 8.78 Å². The van der Waals surface area contributed by atoms with Crippen molar-refractivity contribution in [1.29, 1.82) is 0 Å². The van der Waals surface area contributed by atoms with Gasteiger partial charge in [0.25, 0.3) is 0 Å². The standard InChI is InChI=1S/C14H17F2NO3/c1-3-8(2)13(14(19)20)17-12(18)7-9-10(15)5-4-6-11(9)16/h4-6,8,13H,3,7H2,1-2H3,(H,17,18)(H,19,20)/t8-,13+/m1/s1. The molecule has 0 saturated heterocycles. The summed E-state index contributed by atoms with van der Waals surface area (Å²) in [6, 6.07) is 2.23. The summed E-state index contributed by atoms with van der Waals surface area (Å²) in [6.45, 7) is 3.48. The summed E-state index contributed by atoms with van der Waals surface area (Å²) in [6.07, 6.45) is 0.0318. The highest BCUT2D eigenvalue weighted by molar-refractivity contribution is 5.85. The summed E-state index contributed by atoms with van der Waals surface area (Å²) in [5, 5.41) is 11.3. The van der Waals surface area contributed by atoms with E-state index in [0.717, 1.165) is 12.1 Å². The third-order valence-electron chi connectivity index (χ3n) is 3.19. The van der Waals surface area contributed by atoms with Gasteiger partial charge in [-0.15, -0.1) is 0 Å². The van der Waals surface area contributed by atoms with E-state index in [1.54, 1.807) is 13.8 Å². The first kappa shape index (κ1) is 16.1. The Morgan fingerprint density at radius 1 is 1.30 bits per heavy atom. The lowest BCUT2D eigenvalue weighted by atomic mass is 9.99. The maximum atomic E-state index is 13.4. The Kier molecular flexibility index (Phi) is 5.61. The zero-order valence-corrected chi connectivity index (χ0v) is 11.3. The van der Waals surface area contributed by atoms with Crippen LogP contribution in [0.2, 0.25) is 0 Å². The predicted octanol–water partition coefficient (Wildman–Crippen LogP) is 2.12. The number of amides is 1. The average molecular weight is 285 g/mol. The Balaban J connectivity index is 2.79. The van der Waals surface area contributed by atoms with Crippen LogP contribution in [0.5, 0.6) is 0 Å². The van der Waals surface area contributed by atoms with Crippen molar-refractivity contribution in [3.8, 4) is 0 Å². The zero-order chi connectivity index (χ0) is 15.3. The second-order valence-corrected chi connectivity index (χ2v) is 4.65. The third kappa shape index (κ3) is 4.01. The van der Waals surface area contributed by atoms with Crippen LogP contribution in [0.15, 0.2) is 18.2 Å². The maximum absolute atomic E-state index is 13.4. The lowest BCUT2D eigenvalue weighted by Gasteiger charge is -2.20. The van der Waals surface area contributed by atoms with Crippen molar-refractivity contribution >= 4 is 11.9 Å². The Hall–Kier alpha value is -1.98. The number of aliphatic carboxylic acids is 1. The van der Waals surface area contributed by atoms with Crippen molar-refractivity contribution in [3.05, 3.63) is 35.4 Å². The van der Waals surface area contributed by atoms with Gasteiger partial charge in [0.15, 0.2) is 0 Å². The van der Waals surface area contributed by atoms with Crippen LogP contribution in [-0.4, -0.2) is 23.0 Å². The van der Waals surface area contributed by atoms with Crippen molar-refractivity contribution in [2.24, 2.45) is 5.92 Å². The number of carboxylic acid groups (broad SMARTS) is 1. The number of nitrogens with one attached hydrogen (secondary N) is 1. The van der Waals surface area contributed by atoms with Gasteiger partial charge in [-0.2, -0.15) is 0 Å². The van der Waals surface area contributed by atoms with Crippen LogP contribution >= 0.6 is 0 Å². The van der Waals surface area contributed by atoms with Gasteiger partial charge < -0.3 is 10.4 Å². The molecule has 0 aliphatic rings. The molecule has 0 spiro atoms. The number of carbonyl (C=O) groups is 2. The normalized spacial score (nSPS) is 13.6. The average Bonchev–Trinajstić information content (AvgIpc) is 2.39. The van der Waals surface area contributed by atoms with E-state index < -0.39 is 36.0 Å². The molecule has 1 aromatic rings. The second kappa shape index (κ2) is 6.98. The van der Waals surface area contributed by atoms with Crippen molar-refractivity contribution in [1.82, 2.24) is 5.32 Å². The van der Waals surface area contributed by atoms with Crippen molar-refractivity contribution < 1.29 is 23.5 Å². The van der Waals surface area contributed by atoms with Gasteiger partial charge in [-0.1, -0.05) is 26.3 Å². The van der Waals surface area contributed by atoms with Crippen LogP contribution in [0, 0.1) is 17.6 Å². The van der Waals surface area contributed by atoms with E-state index in [4.69, 9.17) is 5.11 Å². The van der Waals surface area contributed by atoms with Crippen LogP contribution in [0.25, 0.3) is 0 Å². The van der Waals surface area contributed by atoms with E-state index in [1.165, 1.54) is 6.07 Å². The molecule has 6 heteroatoms. The minimum Gasteiger partial charge on any atom is -0.480 e. The first-order chi connectivity index (χ1) is 9.36. The molecule has 0 fully saturated rings. The van der Waals surface area contributed by atoms with Gasteiger partial charge in [0.1, 0.15) is 17.7 Å². The first-order valence-electron chi connectivity index (χ1n) is 6.31. The fourth-order valence-electron chi connectivity index (χ4n) is 1.77. The molecular weight excluding hydrogens is 268 g/mol. The summed E-state index contributed by atoms with van der Waals surface area (Å²) in [5.41, 5.74) is -0.363. The molecule has 0 aliphatic heterocycles. The number of hydrogen-bond acceptors (Lipinski definition) is 2. The van der Waals surface area contributed by atoms with Crippen LogP contribution in [-0.2, 0) is 16.0 Å². The molecular formula is C14H17F2NO3. The van der Waals surface area contributed by atoms with E-state index in [1.807, 2.05) is 0 Å². The summed E-state index contributed by atoms with van der Waals surface area (Å²) < 4.78 is 26.8. The Bertz CT molecular complexity index is 485. The molecule has 1 rings (SSSR count). The Labute approximate surface area is 115 Å². The number of rotatable bonds is 6. The van der Waals surface area contributed by atoms with E-state index >= 15 is 0 Å². The molecule has 0 saturated carbocycles. The molecule has 2 atom stereocenters. The smallest absolute Gasteiger partial charge is 0.326 e. The number of hydrogen-bond donors (Lipinski definition) is 2. The molecule has 2 N–H and O–H groups in total. The highest BCUT2D eigenvalue weighted by atomic mass is 19.1. The van der Waals surface area contributed by atoms with Gasteiger partial charge in [-0.25, -0.2) is 13.6 Å². The molecule has 0 aromatic heterocycles. The molecule has 1 amide bonds. The minimum absolute atomic E-state index is 0.276. The molecule has 1 aromatic carbocycles. The maximum Gasteiger partial charge on any atom is 0.326 e. The SMILES string of the molecule is CC[C@@H](C)[C@H](NC(=O)Cc1c(F)cccc1F)C(=O)O. The van der Waals surface area contributed by atoms with Gasteiger partial charge in [0.05, 0.1) is 6.42 Å². The van der Waals surface area contributed by atoms with Gasteiger partial charge in [-0.3, -0.25) is 4.79 Å². The number of carboxylic acids is 1. The fourth-order valence-corrected chi connectivity index (χ4v) is 1.77. The molecule has 0 radical (unpaired) electrons. The van der Waals surface area contributed by atoms with E-state index in [0.29, 0.717) is 6.42 Å². The van der Waals surface area contributed by atoms with E-state index in [2.05, 4.69) is 5.32 Å². The molecule has 0 aliphatic carbocycles. The predicted molar refractivity (Wildman–Crippen MR) is 69.1 cm³/mol. The van der Waals surface area contributed by atoms with E-state index in [-0.39, 0.29) is 11.5 Å². The van der Waals surface area contributed by atoms with Gasteiger partial charge in [0, 0.05) is 5.56 Å². The highest BCUT2D eigenvalue weighted by Crippen LogP contribution is 2.13. The van der Waals surface area contributed by atoms with Crippen molar-refractivity contribution in [3.63, 3.8) is 0 Å². The molecule has 0 bridgehead atoms. The second-order valence-electron chi connectivity index (χ2n) is 4.65. The minimum atomic E-state index is -1.17. The van der Waals surface area contributed by atoms with Gasteiger partial charge in [-0.05, 0) is 18.1 Å². The lowest BCUT2D eigenvalue weighted by Crippen LogP contribution is -2.45. The summed E-state index contributed by atoms with van der Waals surface area (Å²) in [7, 11) is 0. The van der Waals surface area contributed by atoms with Crippen LogP contribution in [0.1, 0.15) is 25.8 Å². The van der Waals surface area contributed by atoms with E-state index in [9.17, 15) is 18.4 Å². The highest BCUT2D eigenvalue weighted by Gasteiger charge is 2.26. The first-order valence-corrected chi connectivity index (χ1v) is 6.31. The number of halogens is 2. The largest absolute Gasteiger partial charge is 0.480 e. The summed E-state index contributed by atoms with van der Waals surface area (Å²) >= 11 is 0. The van der Waals surface area contributed by atoms with Crippen molar-refractivity contribution in [2.75, 3.05) is 0 Å². The van der Waals surface area contributed by atoms with Crippen molar-refractivity contribution in [2.45, 2.75) is 32.7 Å². The Morgan fingerprint density at radius 2 is 1.85 bits per heavy atom. The third-order valence-corrected chi connectivity index (χ3v) is 3.19. The lowest BCUT2D eigenvalue weighted by molar-refractivity contribution is -0.143. The van der Waals surface area contributed by atoms with Crippen LogP contribution < -0.4 is 5.32 Å². The molecule has 4 nitrogen and oxygen atoms in total. The number of carbonyl (C=O) groups excluding carboxylic acids is 1. The van der Waals surface area contributed by atoms with Gasteiger partial charge in [0.2, 0.25) is 5.91 Å². The van der Waals surface area contributed by atoms with Gasteiger partial charge >= 0.3 is 5.97 Å². The monoisotopic (exact) mass is 285 g/mol. The quantitative estimate of drug-likeness (QED) is 0.841. The summed E-state index contributed by atoms with van der Waals surface area (Å²) in [5.74, 6) is -3.81. The molecule has 0 heterocycles. The van der Waals surface area contributed by atoms with Crippen LogP contribution in [0.3, 0.4) is 0 Å². The molecule has 20 heavy (non-hydrogen) atoms.